The predicted octanol–water partition coefficient (Wildman–Crippen LogP) is 2.98. The number of nitrogens with one attached hydrogen (secondary N) is 1. The van der Waals surface area contributed by atoms with Crippen LogP contribution in [0.15, 0.2) is 55.1 Å². The molecule has 0 aliphatic rings. The van der Waals surface area contributed by atoms with E-state index in [0.29, 0.717) is 5.95 Å². The molecule has 0 saturated carbocycles. The first kappa shape index (κ1) is 14.3. The third-order valence-electron chi connectivity index (χ3n) is 3.67. The van der Waals surface area contributed by atoms with Crippen LogP contribution in [0.1, 0.15) is 5.69 Å². The molecule has 4 aromatic rings. The number of hydrogen-bond donors (Lipinski definition) is 1. The van der Waals surface area contributed by atoms with Crippen molar-refractivity contribution in [1.82, 2.24) is 24.1 Å². The van der Waals surface area contributed by atoms with Crippen LogP contribution in [0.3, 0.4) is 0 Å². The van der Waals surface area contributed by atoms with Gasteiger partial charge in [-0.2, -0.15) is 4.98 Å². The molecule has 0 amide bonds. The van der Waals surface area contributed by atoms with E-state index in [-0.39, 0.29) is 0 Å². The van der Waals surface area contributed by atoms with E-state index < -0.39 is 0 Å². The zero-order chi connectivity index (χ0) is 16.5. The van der Waals surface area contributed by atoms with E-state index in [4.69, 9.17) is 4.74 Å². The molecule has 0 spiro atoms. The summed E-state index contributed by atoms with van der Waals surface area (Å²) in [5.41, 5.74) is 3.51. The van der Waals surface area contributed by atoms with Crippen LogP contribution >= 0.6 is 0 Å². The number of anilines is 2. The number of rotatable bonds is 4. The van der Waals surface area contributed by atoms with E-state index in [1.165, 1.54) is 0 Å². The summed E-state index contributed by atoms with van der Waals surface area (Å²) in [6.07, 6.45) is 5.58. The van der Waals surface area contributed by atoms with E-state index in [1.807, 2.05) is 60.3 Å². The summed E-state index contributed by atoms with van der Waals surface area (Å²) in [6, 6.07) is 11.6. The molecule has 0 saturated heterocycles. The first-order valence-electron chi connectivity index (χ1n) is 7.50. The summed E-state index contributed by atoms with van der Waals surface area (Å²) in [4.78, 5) is 8.68. The van der Waals surface area contributed by atoms with Crippen molar-refractivity contribution in [3.8, 4) is 11.4 Å². The van der Waals surface area contributed by atoms with Gasteiger partial charge in [0.15, 0.2) is 5.65 Å². The molecule has 0 radical (unpaired) electrons. The lowest BCUT2D eigenvalue weighted by atomic mass is 10.2. The Morgan fingerprint density at radius 3 is 2.83 bits per heavy atom. The second-order valence-electron chi connectivity index (χ2n) is 5.37. The minimum Gasteiger partial charge on any atom is -0.494 e. The first-order chi connectivity index (χ1) is 11.7. The summed E-state index contributed by atoms with van der Waals surface area (Å²) < 4.78 is 9.17. The minimum absolute atomic E-state index is 0.537. The van der Waals surface area contributed by atoms with Crippen molar-refractivity contribution in [1.29, 1.82) is 0 Å². The molecule has 0 unspecified atom stereocenters. The summed E-state index contributed by atoms with van der Waals surface area (Å²) in [6.45, 7) is 1.95. The van der Waals surface area contributed by atoms with Crippen LogP contribution in [0.2, 0.25) is 0 Å². The average molecular weight is 320 g/mol. The smallest absolute Gasteiger partial charge is 0.247 e. The van der Waals surface area contributed by atoms with Crippen molar-refractivity contribution in [2.75, 3.05) is 12.4 Å². The quantitative estimate of drug-likeness (QED) is 0.626. The Hall–Kier alpha value is -3.35. The maximum Gasteiger partial charge on any atom is 0.247 e. The number of benzene rings is 1. The highest BCUT2D eigenvalue weighted by atomic mass is 16.5. The van der Waals surface area contributed by atoms with Gasteiger partial charge in [-0.05, 0) is 31.2 Å². The lowest BCUT2D eigenvalue weighted by Crippen LogP contribution is -1.98. The van der Waals surface area contributed by atoms with Gasteiger partial charge in [-0.25, -0.2) is 9.50 Å². The van der Waals surface area contributed by atoms with Gasteiger partial charge in [-0.15, -0.1) is 5.10 Å². The second-order valence-corrected chi connectivity index (χ2v) is 5.37. The minimum atomic E-state index is 0.537. The molecule has 1 N–H and O–H groups in total. The largest absolute Gasteiger partial charge is 0.494 e. The molecule has 120 valence electrons. The molecule has 0 aliphatic carbocycles. The van der Waals surface area contributed by atoms with Gasteiger partial charge in [0.2, 0.25) is 5.95 Å². The third kappa shape index (κ3) is 2.56. The van der Waals surface area contributed by atoms with Crippen molar-refractivity contribution < 1.29 is 4.74 Å². The molecule has 24 heavy (non-hydrogen) atoms. The van der Waals surface area contributed by atoms with Crippen LogP contribution < -0.4 is 10.1 Å². The molecular weight excluding hydrogens is 304 g/mol. The van der Waals surface area contributed by atoms with E-state index in [2.05, 4.69) is 20.4 Å². The molecule has 7 nitrogen and oxygen atoms in total. The van der Waals surface area contributed by atoms with Gasteiger partial charge in [-0.3, -0.25) is 0 Å². The fraction of sp³-hybridized carbons (Fsp3) is 0.118. The molecule has 4 rings (SSSR count). The SMILES string of the molecule is COc1cc(Nc2nc3ccccn3n2)ccc1-n1cnc(C)c1. The highest BCUT2D eigenvalue weighted by Gasteiger charge is 2.09. The van der Waals surface area contributed by atoms with Crippen LogP contribution in [0, 0.1) is 6.92 Å². The maximum absolute atomic E-state index is 5.51. The Balaban J connectivity index is 1.66. The topological polar surface area (TPSA) is 69.3 Å². The summed E-state index contributed by atoms with van der Waals surface area (Å²) >= 11 is 0. The van der Waals surface area contributed by atoms with Crippen LogP contribution in [-0.2, 0) is 0 Å². The van der Waals surface area contributed by atoms with Gasteiger partial charge >= 0.3 is 0 Å². The molecule has 0 fully saturated rings. The fourth-order valence-electron chi connectivity index (χ4n) is 2.54. The lowest BCUT2D eigenvalue weighted by molar-refractivity contribution is 0.413. The Labute approximate surface area is 138 Å². The van der Waals surface area contributed by atoms with Gasteiger partial charge in [0.25, 0.3) is 0 Å². The normalized spacial score (nSPS) is 10.9. The number of aryl methyl sites for hydroxylation is 1. The monoisotopic (exact) mass is 320 g/mol. The van der Waals surface area contributed by atoms with Crippen molar-refractivity contribution in [2.24, 2.45) is 0 Å². The summed E-state index contributed by atoms with van der Waals surface area (Å²) in [7, 11) is 1.65. The lowest BCUT2D eigenvalue weighted by Gasteiger charge is -2.11. The van der Waals surface area contributed by atoms with Crippen molar-refractivity contribution in [2.45, 2.75) is 6.92 Å². The van der Waals surface area contributed by atoms with Crippen LogP contribution in [-0.4, -0.2) is 31.3 Å². The number of aromatic nitrogens is 5. The van der Waals surface area contributed by atoms with Crippen molar-refractivity contribution in [3.63, 3.8) is 0 Å². The van der Waals surface area contributed by atoms with Crippen molar-refractivity contribution in [3.05, 3.63) is 60.8 Å². The van der Waals surface area contributed by atoms with Gasteiger partial charge < -0.3 is 14.6 Å². The highest BCUT2D eigenvalue weighted by molar-refractivity contribution is 5.62. The molecule has 3 aromatic heterocycles. The summed E-state index contributed by atoms with van der Waals surface area (Å²) in [5, 5.41) is 7.59. The molecule has 7 heteroatoms. The third-order valence-corrected chi connectivity index (χ3v) is 3.67. The number of ether oxygens (including phenoxy) is 1. The Morgan fingerprint density at radius 1 is 1.17 bits per heavy atom. The molecule has 0 atom stereocenters. The number of pyridine rings is 1. The fourth-order valence-corrected chi connectivity index (χ4v) is 2.54. The average Bonchev–Trinajstić information content (AvgIpc) is 3.20. The molecule has 1 aromatic carbocycles. The first-order valence-corrected chi connectivity index (χ1v) is 7.50. The van der Waals surface area contributed by atoms with Crippen LogP contribution in [0.5, 0.6) is 5.75 Å². The zero-order valence-electron chi connectivity index (χ0n) is 13.3. The second kappa shape index (κ2) is 5.69. The Bertz CT molecular complexity index is 970. The maximum atomic E-state index is 5.51. The van der Waals surface area contributed by atoms with E-state index in [9.17, 15) is 0 Å². The Kier molecular flexibility index (Phi) is 3.38. The molecule has 3 heterocycles. The number of nitrogens with zero attached hydrogens (tertiary/aromatic N) is 5. The van der Waals surface area contributed by atoms with Crippen LogP contribution in [0.25, 0.3) is 11.3 Å². The standard InChI is InChI=1S/C17H16N6O/c1-12-10-22(11-18-12)14-7-6-13(9-15(14)24-2)19-17-20-16-5-3-4-8-23(16)21-17/h3-11H,1-2H3,(H,19,21). The number of methoxy groups -OCH3 is 1. The zero-order valence-corrected chi connectivity index (χ0v) is 13.3. The molecule has 0 bridgehead atoms. The van der Waals surface area contributed by atoms with Crippen molar-refractivity contribution >= 4 is 17.3 Å². The van der Waals surface area contributed by atoms with Gasteiger partial charge in [0, 0.05) is 24.1 Å². The number of hydrogen-bond acceptors (Lipinski definition) is 5. The molecule has 0 aliphatic heterocycles. The summed E-state index contributed by atoms with van der Waals surface area (Å²) in [5.74, 6) is 1.27. The van der Waals surface area contributed by atoms with Crippen LogP contribution in [0.4, 0.5) is 11.6 Å². The van der Waals surface area contributed by atoms with Gasteiger partial charge in [0.05, 0.1) is 24.8 Å². The van der Waals surface area contributed by atoms with E-state index in [1.54, 1.807) is 18.0 Å². The Morgan fingerprint density at radius 2 is 2.08 bits per heavy atom. The van der Waals surface area contributed by atoms with Gasteiger partial charge in [-0.1, -0.05) is 6.07 Å². The van der Waals surface area contributed by atoms with E-state index in [0.717, 1.165) is 28.5 Å². The highest BCUT2D eigenvalue weighted by Crippen LogP contribution is 2.28. The number of fused-ring (bicyclic) bond motifs is 1. The number of imidazole rings is 1. The molecular formula is C17H16N6O. The predicted molar refractivity (Wildman–Crippen MR) is 91.1 cm³/mol. The van der Waals surface area contributed by atoms with Gasteiger partial charge in [0.1, 0.15) is 5.75 Å². The van der Waals surface area contributed by atoms with E-state index >= 15 is 0 Å².